The van der Waals surface area contributed by atoms with Crippen LogP contribution >= 0.6 is 0 Å². The Morgan fingerprint density at radius 3 is 2.54 bits per heavy atom. The van der Waals surface area contributed by atoms with Gasteiger partial charge in [0, 0.05) is 32.7 Å². The first-order valence-corrected chi connectivity index (χ1v) is 8.17. The van der Waals surface area contributed by atoms with Gasteiger partial charge >= 0.3 is 0 Å². The Morgan fingerprint density at radius 2 is 1.83 bits per heavy atom. The van der Waals surface area contributed by atoms with E-state index < -0.39 is 0 Å². The first kappa shape index (κ1) is 16.3. The second-order valence-corrected chi connectivity index (χ2v) is 5.77. The summed E-state index contributed by atoms with van der Waals surface area (Å²) in [5.74, 6) is -0.0800. The Balaban J connectivity index is 1.61. The molecule has 2 aromatic rings. The Kier molecular flexibility index (Phi) is 5.00. The highest BCUT2D eigenvalue weighted by Crippen LogP contribution is 2.11. The zero-order chi connectivity index (χ0) is 16.9. The lowest BCUT2D eigenvalue weighted by molar-refractivity contribution is -0.122. The summed E-state index contributed by atoms with van der Waals surface area (Å²) in [6.45, 7) is 5.47. The highest BCUT2D eigenvalue weighted by atomic mass is 16.2. The highest BCUT2D eigenvalue weighted by Gasteiger charge is 2.24. The molecule has 0 bridgehead atoms. The molecule has 0 saturated carbocycles. The van der Waals surface area contributed by atoms with Crippen molar-refractivity contribution in [2.24, 2.45) is 0 Å². The van der Waals surface area contributed by atoms with E-state index in [9.17, 15) is 9.59 Å². The normalized spacial score (nSPS) is 15.5. The highest BCUT2D eigenvalue weighted by molar-refractivity contribution is 5.93. The Labute approximate surface area is 140 Å². The largest absolute Gasteiger partial charge is 0.355 e. The Hall–Kier alpha value is -2.54. The lowest BCUT2D eigenvalue weighted by atomic mass is 10.2. The van der Waals surface area contributed by atoms with Crippen molar-refractivity contribution in [2.75, 3.05) is 39.3 Å². The molecule has 2 heterocycles. The molecule has 0 radical (unpaired) electrons. The number of benzene rings is 1. The van der Waals surface area contributed by atoms with Crippen molar-refractivity contribution in [1.29, 1.82) is 0 Å². The van der Waals surface area contributed by atoms with Crippen LogP contribution < -0.4 is 5.32 Å². The molecule has 2 amide bonds. The molecular weight excluding hydrogens is 306 g/mol. The fourth-order valence-electron chi connectivity index (χ4n) is 2.79. The van der Waals surface area contributed by atoms with Crippen molar-refractivity contribution < 1.29 is 9.59 Å². The molecule has 1 aliphatic heterocycles. The molecular formula is C17H21N5O2. The first-order valence-electron chi connectivity index (χ1n) is 8.17. The molecule has 126 valence electrons. The summed E-state index contributed by atoms with van der Waals surface area (Å²) in [6, 6.07) is 7.50. The number of hydrogen-bond acceptors (Lipinski definition) is 5. The quantitative estimate of drug-likeness (QED) is 0.886. The summed E-state index contributed by atoms with van der Waals surface area (Å²) in [7, 11) is 0. The van der Waals surface area contributed by atoms with Crippen LogP contribution in [-0.4, -0.2) is 70.9 Å². The summed E-state index contributed by atoms with van der Waals surface area (Å²) in [4.78, 5) is 36.8. The van der Waals surface area contributed by atoms with E-state index >= 15 is 0 Å². The number of piperazine rings is 1. The number of amides is 2. The molecule has 0 unspecified atom stereocenters. The van der Waals surface area contributed by atoms with Crippen LogP contribution in [0.2, 0.25) is 0 Å². The Morgan fingerprint density at radius 1 is 1.12 bits per heavy atom. The number of nitrogens with zero attached hydrogens (tertiary/aromatic N) is 4. The van der Waals surface area contributed by atoms with Gasteiger partial charge in [-0.1, -0.05) is 12.1 Å². The fraction of sp³-hybridized carbons (Fsp3) is 0.412. The molecule has 0 spiro atoms. The van der Waals surface area contributed by atoms with E-state index in [4.69, 9.17) is 0 Å². The molecule has 1 aromatic carbocycles. The number of nitrogens with one attached hydrogen (secondary N) is 1. The van der Waals surface area contributed by atoms with Crippen LogP contribution in [0.3, 0.4) is 0 Å². The van der Waals surface area contributed by atoms with Crippen LogP contribution in [0.5, 0.6) is 0 Å². The SMILES string of the molecule is CCNC(=O)CN1CCN(C(=O)c2cnc3ccccc3n2)CC1. The van der Waals surface area contributed by atoms with E-state index in [1.807, 2.05) is 31.2 Å². The summed E-state index contributed by atoms with van der Waals surface area (Å²) >= 11 is 0. The van der Waals surface area contributed by atoms with Crippen molar-refractivity contribution in [3.05, 3.63) is 36.2 Å². The van der Waals surface area contributed by atoms with Crippen molar-refractivity contribution in [3.63, 3.8) is 0 Å². The average Bonchev–Trinajstić information content (AvgIpc) is 2.61. The monoisotopic (exact) mass is 327 g/mol. The third-order valence-corrected chi connectivity index (χ3v) is 4.07. The predicted octanol–water partition coefficient (Wildman–Crippen LogP) is 0.524. The number of carbonyl (C=O) groups is 2. The van der Waals surface area contributed by atoms with Crippen LogP contribution in [0.1, 0.15) is 17.4 Å². The van der Waals surface area contributed by atoms with E-state index in [0.29, 0.717) is 45.0 Å². The van der Waals surface area contributed by atoms with Gasteiger partial charge in [-0.2, -0.15) is 0 Å². The number of para-hydroxylation sites is 2. The van der Waals surface area contributed by atoms with Gasteiger partial charge in [0.2, 0.25) is 5.91 Å². The van der Waals surface area contributed by atoms with E-state index in [1.54, 1.807) is 4.90 Å². The van der Waals surface area contributed by atoms with E-state index in [0.717, 1.165) is 11.0 Å². The van der Waals surface area contributed by atoms with Gasteiger partial charge in [-0.15, -0.1) is 0 Å². The molecule has 1 saturated heterocycles. The van der Waals surface area contributed by atoms with Crippen LogP contribution in [-0.2, 0) is 4.79 Å². The maximum Gasteiger partial charge on any atom is 0.274 e. The molecule has 0 aliphatic carbocycles. The summed E-state index contributed by atoms with van der Waals surface area (Å²) in [5, 5.41) is 2.79. The van der Waals surface area contributed by atoms with Gasteiger partial charge in [-0.05, 0) is 19.1 Å². The number of aromatic nitrogens is 2. The van der Waals surface area contributed by atoms with E-state index in [1.165, 1.54) is 6.20 Å². The van der Waals surface area contributed by atoms with Crippen molar-refractivity contribution in [2.45, 2.75) is 6.92 Å². The van der Waals surface area contributed by atoms with Gasteiger partial charge in [0.05, 0.1) is 23.8 Å². The number of rotatable bonds is 4. The topological polar surface area (TPSA) is 78.4 Å². The molecule has 0 atom stereocenters. The summed E-state index contributed by atoms with van der Waals surface area (Å²) in [5.41, 5.74) is 1.87. The van der Waals surface area contributed by atoms with Gasteiger partial charge in [0.15, 0.2) is 0 Å². The third-order valence-electron chi connectivity index (χ3n) is 4.07. The summed E-state index contributed by atoms with van der Waals surface area (Å²) < 4.78 is 0. The number of hydrogen-bond donors (Lipinski definition) is 1. The minimum atomic E-state index is -0.106. The van der Waals surface area contributed by atoms with E-state index in [2.05, 4.69) is 20.2 Å². The second kappa shape index (κ2) is 7.35. The molecule has 7 nitrogen and oxygen atoms in total. The summed E-state index contributed by atoms with van der Waals surface area (Å²) in [6.07, 6.45) is 1.53. The third kappa shape index (κ3) is 3.68. The molecule has 3 rings (SSSR count). The van der Waals surface area contributed by atoms with Gasteiger partial charge in [0.1, 0.15) is 5.69 Å². The van der Waals surface area contributed by atoms with Crippen molar-refractivity contribution in [3.8, 4) is 0 Å². The van der Waals surface area contributed by atoms with Gasteiger partial charge in [-0.25, -0.2) is 4.98 Å². The molecule has 1 fully saturated rings. The lowest BCUT2D eigenvalue weighted by Gasteiger charge is -2.34. The van der Waals surface area contributed by atoms with Crippen molar-refractivity contribution >= 4 is 22.8 Å². The molecule has 7 heteroatoms. The van der Waals surface area contributed by atoms with Gasteiger partial charge in [-0.3, -0.25) is 19.5 Å². The molecule has 24 heavy (non-hydrogen) atoms. The zero-order valence-corrected chi connectivity index (χ0v) is 13.7. The zero-order valence-electron chi connectivity index (χ0n) is 13.7. The molecule has 1 N–H and O–H groups in total. The smallest absolute Gasteiger partial charge is 0.274 e. The number of likely N-dealkylation sites (N-methyl/N-ethyl adjacent to an activating group) is 1. The Bertz CT molecular complexity index is 741. The second-order valence-electron chi connectivity index (χ2n) is 5.77. The number of fused-ring (bicyclic) bond motifs is 1. The maximum absolute atomic E-state index is 12.6. The minimum Gasteiger partial charge on any atom is -0.355 e. The first-order chi connectivity index (χ1) is 11.7. The van der Waals surface area contributed by atoms with Crippen LogP contribution in [0.15, 0.2) is 30.5 Å². The van der Waals surface area contributed by atoms with Crippen LogP contribution in [0.4, 0.5) is 0 Å². The minimum absolute atomic E-state index is 0.0256. The van der Waals surface area contributed by atoms with Crippen LogP contribution in [0, 0.1) is 0 Å². The van der Waals surface area contributed by atoms with Crippen LogP contribution in [0.25, 0.3) is 11.0 Å². The fourth-order valence-corrected chi connectivity index (χ4v) is 2.79. The van der Waals surface area contributed by atoms with Crippen molar-refractivity contribution in [1.82, 2.24) is 25.1 Å². The van der Waals surface area contributed by atoms with Gasteiger partial charge in [0.25, 0.3) is 5.91 Å². The lowest BCUT2D eigenvalue weighted by Crippen LogP contribution is -2.51. The average molecular weight is 327 g/mol. The maximum atomic E-state index is 12.6. The molecule has 1 aromatic heterocycles. The van der Waals surface area contributed by atoms with E-state index in [-0.39, 0.29) is 11.8 Å². The van der Waals surface area contributed by atoms with Gasteiger partial charge < -0.3 is 10.2 Å². The predicted molar refractivity (Wildman–Crippen MR) is 90.6 cm³/mol. The molecule has 1 aliphatic rings. The standard InChI is InChI=1S/C17H21N5O2/c1-2-18-16(23)12-21-7-9-22(10-8-21)17(24)15-11-19-13-5-3-4-6-14(13)20-15/h3-6,11H,2,7-10,12H2,1H3,(H,18,23). The number of carbonyl (C=O) groups excluding carboxylic acids is 2.